The molecule has 0 saturated carbocycles. The Morgan fingerprint density at radius 2 is 1.97 bits per heavy atom. The number of thiazole rings is 1. The van der Waals surface area contributed by atoms with Gasteiger partial charge < -0.3 is 4.90 Å². The maximum absolute atomic E-state index is 13.1. The number of aromatic nitrogens is 3. The standard InChI is InChI=1S/C24H29N5O2S/c1-16(2)27-13-14-29-20(15-27)25-22-21(23(29)31)26-24(32-22)28-12-6-9-18(28)19(30)11-10-17-7-4-3-5-8-17/h3-5,7-8,16,18H,6,9-15H2,1-2H3/t18-/m1/s1. The summed E-state index contributed by atoms with van der Waals surface area (Å²) < 4.78 is 1.77. The number of nitrogens with zero attached hydrogens (tertiary/aromatic N) is 5. The molecular formula is C24H29N5O2S. The summed E-state index contributed by atoms with van der Waals surface area (Å²) in [5.41, 5.74) is 1.57. The molecule has 2 aromatic heterocycles. The quantitative estimate of drug-likeness (QED) is 0.573. The molecule has 0 unspecified atom stereocenters. The van der Waals surface area contributed by atoms with Gasteiger partial charge in [0.15, 0.2) is 21.3 Å². The average Bonchev–Trinajstić information content (AvgIpc) is 3.45. The van der Waals surface area contributed by atoms with Gasteiger partial charge in [-0.15, -0.1) is 0 Å². The van der Waals surface area contributed by atoms with Crippen LogP contribution in [-0.2, 0) is 24.3 Å². The van der Waals surface area contributed by atoms with Crippen LogP contribution >= 0.6 is 11.3 Å². The van der Waals surface area contributed by atoms with Crippen LogP contribution in [0.25, 0.3) is 10.3 Å². The highest BCUT2D eigenvalue weighted by atomic mass is 32.1. The van der Waals surface area contributed by atoms with Crippen molar-refractivity contribution in [2.24, 2.45) is 0 Å². The number of Topliss-reactive ketones (excluding diaryl/α,β-unsaturated/α-hetero) is 1. The van der Waals surface area contributed by atoms with Gasteiger partial charge in [-0.1, -0.05) is 41.7 Å². The minimum Gasteiger partial charge on any atom is -0.338 e. The maximum atomic E-state index is 13.1. The highest BCUT2D eigenvalue weighted by Gasteiger charge is 2.33. The van der Waals surface area contributed by atoms with Crippen molar-refractivity contribution in [2.45, 2.75) is 64.7 Å². The molecule has 168 valence electrons. The third-order valence-electron chi connectivity index (χ3n) is 6.65. The van der Waals surface area contributed by atoms with Crippen LogP contribution in [-0.4, -0.2) is 50.4 Å². The van der Waals surface area contributed by atoms with Crippen LogP contribution < -0.4 is 10.5 Å². The van der Waals surface area contributed by atoms with Crippen LogP contribution in [0, 0.1) is 0 Å². The van der Waals surface area contributed by atoms with Crippen molar-refractivity contribution in [3.63, 3.8) is 0 Å². The second kappa shape index (κ2) is 8.75. The molecule has 0 spiro atoms. The molecule has 0 N–H and O–H groups in total. The fourth-order valence-corrected chi connectivity index (χ4v) is 5.78. The number of ketones is 1. The highest BCUT2D eigenvalue weighted by molar-refractivity contribution is 7.21. The molecule has 0 radical (unpaired) electrons. The van der Waals surface area contributed by atoms with E-state index >= 15 is 0 Å². The minimum atomic E-state index is -0.159. The molecule has 4 heterocycles. The Balaban J connectivity index is 1.38. The molecule has 7 nitrogen and oxygen atoms in total. The fourth-order valence-electron chi connectivity index (χ4n) is 4.75. The van der Waals surface area contributed by atoms with Gasteiger partial charge in [-0.05, 0) is 38.7 Å². The molecule has 8 heteroatoms. The Hall–Kier alpha value is -2.58. The number of anilines is 1. The summed E-state index contributed by atoms with van der Waals surface area (Å²) in [5, 5.41) is 0.754. The Bertz CT molecular complexity index is 1190. The molecule has 0 aliphatic carbocycles. The van der Waals surface area contributed by atoms with Crippen molar-refractivity contribution < 1.29 is 4.79 Å². The SMILES string of the molecule is CC(C)N1CCn2c(nc3sc(N4CCC[C@@H]4C(=O)CCc4ccccc4)nc3c2=O)C1. The lowest BCUT2D eigenvalue weighted by molar-refractivity contribution is -0.120. The van der Waals surface area contributed by atoms with E-state index in [1.807, 2.05) is 18.2 Å². The van der Waals surface area contributed by atoms with E-state index in [-0.39, 0.29) is 17.4 Å². The van der Waals surface area contributed by atoms with E-state index in [0.717, 1.165) is 43.3 Å². The van der Waals surface area contributed by atoms with Crippen molar-refractivity contribution in [1.82, 2.24) is 19.4 Å². The van der Waals surface area contributed by atoms with E-state index in [4.69, 9.17) is 9.97 Å². The number of benzene rings is 1. The van der Waals surface area contributed by atoms with Crippen LogP contribution in [0.15, 0.2) is 35.1 Å². The minimum absolute atomic E-state index is 0.0537. The molecule has 1 aromatic carbocycles. The van der Waals surface area contributed by atoms with Crippen molar-refractivity contribution in [3.05, 3.63) is 52.1 Å². The van der Waals surface area contributed by atoms with Crippen molar-refractivity contribution in [1.29, 1.82) is 0 Å². The first-order chi connectivity index (χ1) is 15.5. The molecule has 1 atom stereocenters. The summed E-state index contributed by atoms with van der Waals surface area (Å²) in [5.74, 6) is 1.07. The first kappa shape index (κ1) is 21.3. The Morgan fingerprint density at radius 1 is 1.16 bits per heavy atom. The van der Waals surface area contributed by atoms with Gasteiger partial charge in [0.1, 0.15) is 5.82 Å². The largest absolute Gasteiger partial charge is 0.338 e. The molecule has 32 heavy (non-hydrogen) atoms. The van der Waals surface area contributed by atoms with E-state index in [9.17, 15) is 9.59 Å². The van der Waals surface area contributed by atoms with E-state index in [2.05, 4.69) is 35.8 Å². The number of carbonyl (C=O) groups is 1. The van der Waals surface area contributed by atoms with Gasteiger partial charge in [-0.3, -0.25) is 19.1 Å². The summed E-state index contributed by atoms with van der Waals surface area (Å²) >= 11 is 1.45. The second-order valence-electron chi connectivity index (χ2n) is 9.00. The van der Waals surface area contributed by atoms with E-state index in [1.165, 1.54) is 16.9 Å². The lowest BCUT2D eigenvalue weighted by Crippen LogP contribution is -2.42. The lowest BCUT2D eigenvalue weighted by atomic mass is 10.0. The first-order valence-corrected chi connectivity index (χ1v) is 12.3. The van der Waals surface area contributed by atoms with Gasteiger partial charge in [0, 0.05) is 32.1 Å². The number of carbonyl (C=O) groups excluding carboxylic acids is 1. The number of fused-ring (bicyclic) bond motifs is 2. The van der Waals surface area contributed by atoms with Crippen molar-refractivity contribution in [3.8, 4) is 0 Å². The van der Waals surface area contributed by atoms with E-state index in [1.54, 1.807) is 4.57 Å². The Kier molecular flexibility index (Phi) is 5.82. The summed E-state index contributed by atoms with van der Waals surface area (Å²) in [4.78, 5) is 40.8. The summed E-state index contributed by atoms with van der Waals surface area (Å²) in [6, 6.07) is 10.4. The predicted octanol–water partition coefficient (Wildman–Crippen LogP) is 3.25. The lowest BCUT2D eigenvalue weighted by Gasteiger charge is -2.31. The van der Waals surface area contributed by atoms with E-state index < -0.39 is 0 Å². The topological polar surface area (TPSA) is 71.3 Å². The third kappa shape index (κ3) is 3.97. The van der Waals surface area contributed by atoms with Crippen molar-refractivity contribution in [2.75, 3.05) is 18.0 Å². The predicted molar refractivity (Wildman–Crippen MR) is 127 cm³/mol. The molecule has 1 fully saturated rings. The molecule has 0 amide bonds. The van der Waals surface area contributed by atoms with Gasteiger partial charge >= 0.3 is 0 Å². The number of hydrogen-bond acceptors (Lipinski definition) is 7. The van der Waals surface area contributed by atoms with Crippen LogP contribution in [0.2, 0.25) is 0 Å². The zero-order chi connectivity index (χ0) is 22.2. The normalized spacial score (nSPS) is 19.1. The molecule has 2 aliphatic rings. The number of hydrogen-bond donors (Lipinski definition) is 0. The first-order valence-electron chi connectivity index (χ1n) is 11.5. The van der Waals surface area contributed by atoms with Gasteiger partial charge in [-0.25, -0.2) is 9.97 Å². The highest BCUT2D eigenvalue weighted by Crippen LogP contribution is 2.33. The molecule has 0 bridgehead atoms. The smallest absolute Gasteiger partial charge is 0.281 e. The second-order valence-corrected chi connectivity index (χ2v) is 9.96. The summed E-state index contributed by atoms with van der Waals surface area (Å²) in [6.45, 7) is 7.30. The summed E-state index contributed by atoms with van der Waals surface area (Å²) in [6.07, 6.45) is 3.09. The molecule has 3 aromatic rings. The number of rotatable bonds is 6. The van der Waals surface area contributed by atoms with Crippen LogP contribution in [0.1, 0.15) is 44.5 Å². The third-order valence-corrected chi connectivity index (χ3v) is 7.63. The van der Waals surface area contributed by atoms with Gasteiger partial charge in [0.2, 0.25) is 0 Å². The Morgan fingerprint density at radius 3 is 2.75 bits per heavy atom. The molecule has 2 aliphatic heterocycles. The summed E-state index contributed by atoms with van der Waals surface area (Å²) in [7, 11) is 0. The van der Waals surface area contributed by atoms with Crippen LogP contribution in [0.4, 0.5) is 5.13 Å². The average molecular weight is 452 g/mol. The van der Waals surface area contributed by atoms with E-state index in [0.29, 0.717) is 35.9 Å². The zero-order valence-electron chi connectivity index (χ0n) is 18.7. The van der Waals surface area contributed by atoms with Gasteiger partial charge in [0.05, 0.1) is 12.6 Å². The van der Waals surface area contributed by atoms with Crippen molar-refractivity contribution >= 4 is 32.6 Å². The number of aryl methyl sites for hydroxylation is 1. The monoisotopic (exact) mass is 451 g/mol. The van der Waals surface area contributed by atoms with Gasteiger partial charge in [-0.2, -0.15) is 0 Å². The molecule has 5 rings (SSSR count). The van der Waals surface area contributed by atoms with Crippen LogP contribution in [0.3, 0.4) is 0 Å². The zero-order valence-corrected chi connectivity index (χ0v) is 19.5. The van der Waals surface area contributed by atoms with Crippen LogP contribution in [0.5, 0.6) is 0 Å². The Labute approximate surface area is 191 Å². The maximum Gasteiger partial charge on any atom is 0.281 e. The molecular weight excluding hydrogens is 422 g/mol. The van der Waals surface area contributed by atoms with Gasteiger partial charge in [0.25, 0.3) is 5.56 Å². The fraction of sp³-hybridized carbons (Fsp3) is 0.500. The molecule has 1 saturated heterocycles.